The lowest BCUT2D eigenvalue weighted by molar-refractivity contribution is -0.206. The monoisotopic (exact) mass is 366 g/mol. The van der Waals surface area contributed by atoms with E-state index in [0.29, 0.717) is 11.3 Å². The maximum atomic E-state index is 11.8. The molecule has 0 aliphatic rings. The highest BCUT2D eigenvalue weighted by molar-refractivity contribution is 14.1. The molecule has 2 aromatic carbocycles. The first-order valence-electron chi connectivity index (χ1n) is 5.56. The van der Waals surface area contributed by atoms with Crippen molar-refractivity contribution in [2.45, 2.75) is 0 Å². The van der Waals surface area contributed by atoms with Crippen LogP contribution in [0.1, 0.15) is 5.56 Å². The van der Waals surface area contributed by atoms with Crippen molar-refractivity contribution in [3.8, 4) is 5.75 Å². The molecule has 0 unspecified atom stereocenters. The van der Waals surface area contributed by atoms with Crippen LogP contribution in [0.5, 0.6) is 5.75 Å². The molecule has 96 valence electrons. The highest BCUT2D eigenvalue weighted by atomic mass is 127. The standard InChI is InChI=1S/C15H11IO3/c1-11(12-7-3-2-4-8-12)15(17)19-18-14-10-6-5-9-13(14)16/h2-10H,1H2. The predicted octanol–water partition coefficient (Wildman–Crippen LogP) is 3.84. The van der Waals surface area contributed by atoms with Gasteiger partial charge in [-0.25, -0.2) is 9.68 Å². The molecule has 0 amide bonds. The third-order valence-corrected chi connectivity index (χ3v) is 3.30. The Bertz CT molecular complexity index is 593. The summed E-state index contributed by atoms with van der Waals surface area (Å²) in [6, 6.07) is 16.4. The molecule has 0 bridgehead atoms. The molecule has 0 radical (unpaired) electrons. The van der Waals surface area contributed by atoms with Crippen molar-refractivity contribution >= 4 is 34.1 Å². The molecule has 0 aromatic heterocycles. The lowest BCUT2D eigenvalue weighted by atomic mass is 10.1. The minimum atomic E-state index is -0.606. The van der Waals surface area contributed by atoms with Gasteiger partial charge in [-0.3, -0.25) is 4.89 Å². The number of carbonyl (C=O) groups is 1. The van der Waals surface area contributed by atoms with Gasteiger partial charge in [-0.1, -0.05) is 49.0 Å². The van der Waals surface area contributed by atoms with Crippen molar-refractivity contribution in [1.29, 1.82) is 0 Å². The zero-order chi connectivity index (χ0) is 13.7. The molecule has 0 N–H and O–H groups in total. The van der Waals surface area contributed by atoms with E-state index in [2.05, 4.69) is 29.2 Å². The van der Waals surface area contributed by atoms with Gasteiger partial charge in [0, 0.05) is 0 Å². The molecular formula is C15H11IO3. The summed E-state index contributed by atoms with van der Waals surface area (Å²) in [5, 5.41) is 0. The average molecular weight is 366 g/mol. The van der Waals surface area contributed by atoms with Gasteiger partial charge in [0.15, 0.2) is 5.75 Å². The molecule has 3 nitrogen and oxygen atoms in total. The van der Waals surface area contributed by atoms with Gasteiger partial charge in [-0.2, -0.15) is 0 Å². The maximum Gasteiger partial charge on any atom is 0.386 e. The van der Waals surface area contributed by atoms with E-state index < -0.39 is 5.97 Å². The third kappa shape index (κ3) is 3.57. The van der Waals surface area contributed by atoms with Gasteiger partial charge in [-0.05, 0) is 40.3 Å². The molecule has 0 atom stereocenters. The second kappa shape index (κ2) is 6.38. The smallest absolute Gasteiger partial charge is 0.285 e. The van der Waals surface area contributed by atoms with E-state index in [4.69, 9.17) is 9.78 Å². The van der Waals surface area contributed by atoms with Crippen molar-refractivity contribution in [2.24, 2.45) is 0 Å². The van der Waals surface area contributed by atoms with Crippen LogP contribution >= 0.6 is 22.6 Å². The number of benzene rings is 2. The topological polar surface area (TPSA) is 35.5 Å². The van der Waals surface area contributed by atoms with Gasteiger partial charge in [-0.15, -0.1) is 0 Å². The summed E-state index contributed by atoms with van der Waals surface area (Å²) in [6.07, 6.45) is 0. The number of rotatable bonds is 4. The minimum absolute atomic E-state index is 0.256. The van der Waals surface area contributed by atoms with Crippen LogP contribution < -0.4 is 4.89 Å². The van der Waals surface area contributed by atoms with E-state index in [9.17, 15) is 4.79 Å². The molecule has 0 heterocycles. The zero-order valence-electron chi connectivity index (χ0n) is 10.0. The molecule has 0 aliphatic carbocycles. The first-order chi connectivity index (χ1) is 9.18. The van der Waals surface area contributed by atoms with Crippen LogP contribution in [0.15, 0.2) is 61.2 Å². The molecule has 0 saturated carbocycles. The van der Waals surface area contributed by atoms with E-state index in [1.54, 1.807) is 24.3 Å². The number of carbonyl (C=O) groups excluding carboxylic acids is 1. The highest BCUT2D eigenvalue weighted by Crippen LogP contribution is 2.21. The van der Waals surface area contributed by atoms with Crippen LogP contribution in [0.2, 0.25) is 0 Å². The Kier molecular flexibility index (Phi) is 4.57. The Morgan fingerprint density at radius 3 is 2.32 bits per heavy atom. The summed E-state index contributed by atoms with van der Waals surface area (Å²) in [4.78, 5) is 21.6. The Hall–Kier alpha value is -1.82. The molecule has 2 aromatic rings. The number of hydrogen-bond acceptors (Lipinski definition) is 3. The van der Waals surface area contributed by atoms with Crippen molar-refractivity contribution in [1.82, 2.24) is 0 Å². The summed E-state index contributed by atoms with van der Waals surface area (Å²) >= 11 is 2.10. The molecule has 19 heavy (non-hydrogen) atoms. The van der Waals surface area contributed by atoms with E-state index in [1.807, 2.05) is 30.3 Å². The van der Waals surface area contributed by atoms with Crippen LogP contribution in [0.25, 0.3) is 5.57 Å². The van der Waals surface area contributed by atoms with Crippen LogP contribution in [0, 0.1) is 3.57 Å². The van der Waals surface area contributed by atoms with Gasteiger partial charge in [0.2, 0.25) is 0 Å². The average Bonchev–Trinajstić information content (AvgIpc) is 2.46. The predicted molar refractivity (Wildman–Crippen MR) is 81.4 cm³/mol. The van der Waals surface area contributed by atoms with Gasteiger partial charge in [0.05, 0.1) is 9.14 Å². The summed E-state index contributed by atoms with van der Waals surface area (Å²) in [7, 11) is 0. The third-order valence-electron chi connectivity index (χ3n) is 2.41. The molecule has 0 spiro atoms. The first kappa shape index (κ1) is 13.6. The van der Waals surface area contributed by atoms with Crippen LogP contribution in [-0.4, -0.2) is 5.97 Å². The number of halogens is 1. The van der Waals surface area contributed by atoms with E-state index in [-0.39, 0.29) is 5.57 Å². The number of hydrogen-bond donors (Lipinski definition) is 0. The number of para-hydroxylation sites is 1. The highest BCUT2D eigenvalue weighted by Gasteiger charge is 2.13. The van der Waals surface area contributed by atoms with Crippen LogP contribution in [-0.2, 0) is 9.68 Å². The Balaban J connectivity index is 1.99. The fourth-order valence-corrected chi connectivity index (χ4v) is 1.88. The minimum Gasteiger partial charge on any atom is -0.285 e. The molecule has 0 fully saturated rings. The van der Waals surface area contributed by atoms with E-state index in [1.165, 1.54) is 0 Å². The van der Waals surface area contributed by atoms with E-state index >= 15 is 0 Å². The lowest BCUT2D eigenvalue weighted by Gasteiger charge is -2.07. The molecule has 0 aliphatic heterocycles. The van der Waals surface area contributed by atoms with Gasteiger partial charge >= 0.3 is 5.97 Å². The largest absolute Gasteiger partial charge is 0.386 e. The van der Waals surface area contributed by atoms with Gasteiger partial charge in [0.1, 0.15) is 0 Å². The molecule has 0 saturated heterocycles. The summed E-state index contributed by atoms with van der Waals surface area (Å²) < 4.78 is 0.859. The summed E-state index contributed by atoms with van der Waals surface area (Å²) in [5.74, 6) is -0.108. The van der Waals surface area contributed by atoms with Crippen molar-refractivity contribution < 1.29 is 14.6 Å². The maximum absolute atomic E-state index is 11.8. The van der Waals surface area contributed by atoms with Crippen LogP contribution in [0.4, 0.5) is 0 Å². The fourth-order valence-electron chi connectivity index (χ4n) is 1.40. The van der Waals surface area contributed by atoms with Crippen LogP contribution in [0.3, 0.4) is 0 Å². The Morgan fingerprint density at radius 2 is 1.63 bits per heavy atom. The SMILES string of the molecule is C=C(C(=O)OOc1ccccc1I)c1ccccc1. The quantitative estimate of drug-likeness (QED) is 0.357. The second-order valence-corrected chi connectivity index (χ2v) is 4.89. The second-order valence-electron chi connectivity index (χ2n) is 3.73. The van der Waals surface area contributed by atoms with Crippen molar-refractivity contribution in [3.63, 3.8) is 0 Å². The Labute approximate surface area is 124 Å². The normalized spacial score (nSPS) is 9.74. The summed E-state index contributed by atoms with van der Waals surface area (Å²) in [5.41, 5.74) is 0.963. The Morgan fingerprint density at radius 1 is 1.00 bits per heavy atom. The van der Waals surface area contributed by atoms with E-state index in [0.717, 1.165) is 3.57 Å². The molecular weight excluding hydrogens is 355 g/mol. The summed E-state index contributed by atoms with van der Waals surface area (Å²) in [6.45, 7) is 3.70. The molecule has 2 rings (SSSR count). The van der Waals surface area contributed by atoms with Gasteiger partial charge in [0.25, 0.3) is 0 Å². The lowest BCUT2D eigenvalue weighted by Crippen LogP contribution is -2.09. The fraction of sp³-hybridized carbons (Fsp3) is 0. The van der Waals surface area contributed by atoms with Crippen molar-refractivity contribution in [3.05, 3.63) is 70.3 Å². The first-order valence-corrected chi connectivity index (χ1v) is 6.64. The zero-order valence-corrected chi connectivity index (χ0v) is 12.2. The van der Waals surface area contributed by atoms with Crippen molar-refractivity contribution in [2.75, 3.05) is 0 Å². The van der Waals surface area contributed by atoms with Gasteiger partial charge < -0.3 is 0 Å². The molecule has 4 heteroatoms.